The number of fused-ring (bicyclic) bond motifs is 1. The van der Waals surface area contributed by atoms with Crippen LogP contribution in [0.1, 0.15) is 31.5 Å². The van der Waals surface area contributed by atoms with E-state index in [1.165, 1.54) is 12.8 Å². The Morgan fingerprint density at radius 1 is 1.31 bits per heavy atom. The number of carbonyl (C=O) groups is 2. The second-order valence-electron chi connectivity index (χ2n) is 8.54. The lowest BCUT2D eigenvalue weighted by Crippen LogP contribution is -2.48. The summed E-state index contributed by atoms with van der Waals surface area (Å²) in [7, 11) is 4.26. The van der Waals surface area contributed by atoms with Crippen LogP contribution in [0.4, 0.5) is 0 Å². The molecule has 1 aromatic heterocycles. The molecule has 3 N–H and O–H groups in total. The van der Waals surface area contributed by atoms with Crippen LogP contribution in [0.15, 0.2) is 4.79 Å². The van der Waals surface area contributed by atoms with E-state index >= 15 is 0 Å². The molecule has 1 aliphatic heterocycles. The molecule has 10 heteroatoms. The average Bonchev–Trinajstić information content (AvgIpc) is 3.27. The van der Waals surface area contributed by atoms with Crippen LogP contribution in [0.25, 0.3) is 0 Å². The Balaban J connectivity index is 0.000000755. The molecule has 1 saturated heterocycles. The molecule has 0 spiro atoms. The Bertz CT molecular complexity index is 743. The molecule has 2 aliphatic carbocycles. The molecule has 0 radical (unpaired) electrons. The first kappa shape index (κ1) is 21.5. The van der Waals surface area contributed by atoms with E-state index < -0.39 is 0 Å². The number of hydrogen-bond donors (Lipinski definition) is 3. The van der Waals surface area contributed by atoms with Gasteiger partial charge in [-0.1, -0.05) is 0 Å². The minimum Gasteiger partial charge on any atom is -0.483 e. The van der Waals surface area contributed by atoms with Crippen molar-refractivity contribution in [2.75, 3.05) is 33.8 Å². The van der Waals surface area contributed by atoms with E-state index in [1.54, 1.807) is 0 Å². The first-order chi connectivity index (χ1) is 13.9. The van der Waals surface area contributed by atoms with Gasteiger partial charge in [0.1, 0.15) is 5.82 Å². The van der Waals surface area contributed by atoms with Crippen molar-refractivity contribution in [1.29, 1.82) is 0 Å². The number of aromatic nitrogens is 3. The Morgan fingerprint density at radius 3 is 2.52 bits per heavy atom. The molecule has 10 nitrogen and oxygen atoms in total. The van der Waals surface area contributed by atoms with Crippen LogP contribution in [-0.4, -0.2) is 88.4 Å². The number of nitrogens with zero attached hydrogens (tertiary/aromatic N) is 3. The predicted octanol–water partition coefficient (Wildman–Crippen LogP) is -0.0649. The zero-order chi connectivity index (χ0) is 21.0. The predicted molar refractivity (Wildman–Crippen MR) is 104 cm³/mol. The molecule has 1 amide bonds. The van der Waals surface area contributed by atoms with Crippen molar-refractivity contribution < 1.29 is 19.4 Å². The summed E-state index contributed by atoms with van der Waals surface area (Å²) in [6.45, 7) is 2.24. The Hall–Kier alpha value is -2.20. The highest BCUT2D eigenvalue weighted by Crippen LogP contribution is 2.40. The third-order valence-corrected chi connectivity index (χ3v) is 6.21. The van der Waals surface area contributed by atoms with E-state index in [1.807, 2.05) is 4.90 Å². The maximum Gasteiger partial charge on any atom is 0.340 e. The van der Waals surface area contributed by atoms with Crippen LogP contribution >= 0.6 is 0 Å². The van der Waals surface area contributed by atoms with E-state index in [2.05, 4.69) is 34.2 Å². The topological polar surface area (TPSA) is 132 Å². The number of ether oxygens (including phenoxy) is 1. The molecule has 0 unspecified atom stereocenters. The molecular formula is C19H31N5O5. The number of carbonyl (C=O) groups excluding carboxylic acids is 1. The van der Waals surface area contributed by atoms with Crippen LogP contribution < -0.4 is 5.69 Å². The van der Waals surface area contributed by atoms with Gasteiger partial charge in [-0.3, -0.25) is 14.6 Å². The van der Waals surface area contributed by atoms with Crippen LogP contribution in [0, 0.1) is 17.8 Å². The first-order valence-electron chi connectivity index (χ1n) is 10.2. The van der Waals surface area contributed by atoms with Gasteiger partial charge in [0.25, 0.3) is 6.47 Å². The lowest BCUT2D eigenvalue weighted by Gasteiger charge is -2.41. The number of carboxylic acid groups (broad SMARTS) is 1. The van der Waals surface area contributed by atoms with Gasteiger partial charge in [-0.25, -0.2) is 9.89 Å². The largest absolute Gasteiger partial charge is 0.483 e. The second kappa shape index (κ2) is 9.53. The molecule has 2 saturated carbocycles. The van der Waals surface area contributed by atoms with Crippen LogP contribution in [0.3, 0.4) is 0 Å². The summed E-state index contributed by atoms with van der Waals surface area (Å²) in [5.74, 6) is 2.27. The molecule has 4 atom stereocenters. The zero-order valence-corrected chi connectivity index (χ0v) is 17.0. The van der Waals surface area contributed by atoms with Crippen LogP contribution in [0.5, 0.6) is 0 Å². The highest BCUT2D eigenvalue weighted by molar-refractivity contribution is 5.78. The number of likely N-dealkylation sites (N-methyl/N-ethyl adjacent to an activating group) is 1. The third-order valence-electron chi connectivity index (χ3n) is 6.21. The lowest BCUT2D eigenvalue weighted by molar-refractivity contribution is -0.129. The Morgan fingerprint density at radius 2 is 1.97 bits per heavy atom. The van der Waals surface area contributed by atoms with Crippen molar-refractivity contribution in [3.05, 3.63) is 16.3 Å². The number of H-pyrrole nitrogens is 2. The van der Waals surface area contributed by atoms with Crippen molar-refractivity contribution in [3.8, 4) is 0 Å². The van der Waals surface area contributed by atoms with E-state index in [9.17, 15) is 9.59 Å². The summed E-state index contributed by atoms with van der Waals surface area (Å²) in [6.07, 6.45) is 5.15. The van der Waals surface area contributed by atoms with Gasteiger partial charge < -0.3 is 19.6 Å². The number of hydrogen-bond acceptors (Lipinski definition) is 6. The smallest absolute Gasteiger partial charge is 0.340 e. The minimum absolute atomic E-state index is 0.0407. The summed E-state index contributed by atoms with van der Waals surface area (Å²) < 4.78 is 6.28. The number of nitrogens with one attached hydrogen (secondary N) is 2. The quantitative estimate of drug-likeness (QED) is 0.561. The SMILES string of the molecule is CN(C)[C@@H]1C[C@@H]2CN(C(=O)Cc3n[nH]c(=O)[nH]3)C[C@@H]2C[C@H]1OCC1CC1.O=CO. The fourth-order valence-electron chi connectivity index (χ4n) is 4.50. The van der Waals surface area contributed by atoms with Crippen molar-refractivity contribution in [3.63, 3.8) is 0 Å². The van der Waals surface area contributed by atoms with E-state index in [0.29, 0.717) is 23.7 Å². The summed E-state index contributed by atoms with van der Waals surface area (Å²) in [6, 6.07) is 0.424. The van der Waals surface area contributed by atoms with Gasteiger partial charge in [0.2, 0.25) is 5.91 Å². The number of likely N-dealkylation sites (tertiary alicyclic amines) is 1. The summed E-state index contributed by atoms with van der Waals surface area (Å²) in [5, 5.41) is 13.0. The van der Waals surface area contributed by atoms with Crippen molar-refractivity contribution >= 4 is 12.4 Å². The van der Waals surface area contributed by atoms with Gasteiger partial charge >= 0.3 is 5.69 Å². The standard InChI is InChI=1S/C18H29N5O3.CH2O2/c1-22(2)14-5-12-8-23(17(24)7-16-19-18(25)21-20-16)9-13(12)6-15(14)26-10-11-3-4-11;2-1-3/h11-15H,3-10H2,1-2H3,(H2,19,20,21,25);1H,(H,2,3)/t12-,13+,14-,15-;/m1./s1. The molecule has 162 valence electrons. The van der Waals surface area contributed by atoms with Crippen LogP contribution in [-0.2, 0) is 20.7 Å². The van der Waals surface area contributed by atoms with Crippen molar-refractivity contribution in [2.24, 2.45) is 17.8 Å². The molecule has 3 aliphatic rings. The van der Waals surface area contributed by atoms with Gasteiger partial charge in [0, 0.05) is 25.7 Å². The molecule has 0 bridgehead atoms. The fourth-order valence-corrected chi connectivity index (χ4v) is 4.50. The maximum atomic E-state index is 12.6. The van der Waals surface area contributed by atoms with E-state index in [4.69, 9.17) is 14.6 Å². The summed E-state index contributed by atoms with van der Waals surface area (Å²) in [5.41, 5.74) is -0.368. The number of amides is 1. The van der Waals surface area contributed by atoms with Crippen molar-refractivity contribution in [2.45, 2.75) is 44.2 Å². The Kier molecular flexibility index (Phi) is 7.07. The second-order valence-corrected chi connectivity index (χ2v) is 8.54. The normalized spacial score (nSPS) is 28.6. The Labute approximate surface area is 169 Å². The lowest BCUT2D eigenvalue weighted by atomic mass is 9.77. The molecule has 2 heterocycles. The van der Waals surface area contributed by atoms with Gasteiger partial charge in [0.15, 0.2) is 0 Å². The number of rotatable bonds is 6. The molecule has 0 aromatic carbocycles. The van der Waals surface area contributed by atoms with Gasteiger partial charge in [-0.05, 0) is 57.5 Å². The van der Waals surface area contributed by atoms with Gasteiger partial charge in [-0.15, -0.1) is 0 Å². The van der Waals surface area contributed by atoms with Crippen LogP contribution in [0.2, 0.25) is 0 Å². The summed E-state index contributed by atoms with van der Waals surface area (Å²) in [4.78, 5) is 38.9. The summed E-state index contributed by atoms with van der Waals surface area (Å²) >= 11 is 0. The number of aromatic amines is 2. The van der Waals surface area contributed by atoms with E-state index in [0.717, 1.165) is 38.5 Å². The molecular weight excluding hydrogens is 378 g/mol. The minimum atomic E-state index is -0.368. The van der Waals surface area contributed by atoms with E-state index in [-0.39, 0.29) is 30.6 Å². The monoisotopic (exact) mass is 409 g/mol. The van der Waals surface area contributed by atoms with Gasteiger partial charge in [0.05, 0.1) is 12.5 Å². The average molecular weight is 409 g/mol. The van der Waals surface area contributed by atoms with Crippen molar-refractivity contribution in [1.82, 2.24) is 25.0 Å². The zero-order valence-electron chi connectivity index (χ0n) is 17.0. The molecule has 29 heavy (non-hydrogen) atoms. The fraction of sp³-hybridized carbons (Fsp3) is 0.789. The highest BCUT2D eigenvalue weighted by Gasteiger charge is 2.44. The molecule has 1 aromatic rings. The highest BCUT2D eigenvalue weighted by atomic mass is 16.5. The maximum absolute atomic E-state index is 12.6. The van der Waals surface area contributed by atoms with Gasteiger partial charge in [-0.2, -0.15) is 5.10 Å². The first-order valence-corrected chi connectivity index (χ1v) is 10.2. The third kappa shape index (κ3) is 5.66. The molecule has 3 fully saturated rings. The molecule has 4 rings (SSSR count).